The second-order valence-corrected chi connectivity index (χ2v) is 10.2. The fraction of sp³-hybridized carbons (Fsp3) is 0.367. The Hall–Kier alpha value is -4.25. The summed E-state index contributed by atoms with van der Waals surface area (Å²) in [5, 5.41) is 2.81. The van der Waals surface area contributed by atoms with Crippen LogP contribution in [0.1, 0.15) is 40.9 Å². The molecular weight excluding hydrogens is 532 g/mol. The molecule has 214 valence electrons. The molecule has 0 bridgehead atoms. The van der Waals surface area contributed by atoms with Crippen LogP contribution in [0, 0.1) is 0 Å². The van der Waals surface area contributed by atoms with Gasteiger partial charge >= 0.3 is 6.61 Å². The number of carbonyl (C=O) groups excluding carboxylic acids is 1. The Bertz CT molecular complexity index is 1560. The molecule has 0 atom stereocenters. The summed E-state index contributed by atoms with van der Waals surface area (Å²) >= 11 is 0. The molecule has 0 spiro atoms. The number of amides is 1. The average Bonchev–Trinajstić information content (AvgIpc) is 3.69. The topological polar surface area (TPSA) is 90.2 Å². The van der Waals surface area contributed by atoms with Crippen LogP contribution in [0.5, 0.6) is 17.2 Å². The van der Waals surface area contributed by atoms with Crippen LogP contribution < -0.4 is 19.5 Å². The maximum absolute atomic E-state index is 13.3. The number of ether oxygens (including phenoxy) is 3. The third kappa shape index (κ3) is 6.09. The largest absolute Gasteiger partial charge is 0.496 e. The van der Waals surface area contributed by atoms with E-state index in [1.807, 2.05) is 35.0 Å². The van der Waals surface area contributed by atoms with Crippen LogP contribution in [0.3, 0.4) is 0 Å². The van der Waals surface area contributed by atoms with Gasteiger partial charge in [0.15, 0.2) is 0 Å². The first-order chi connectivity index (χ1) is 20.0. The van der Waals surface area contributed by atoms with Crippen LogP contribution in [0.25, 0.3) is 16.9 Å². The van der Waals surface area contributed by atoms with Crippen molar-refractivity contribution in [1.29, 1.82) is 0 Å². The van der Waals surface area contributed by atoms with Crippen LogP contribution in [0.4, 0.5) is 8.78 Å². The maximum atomic E-state index is 13.3. The molecule has 1 amide bonds. The van der Waals surface area contributed by atoms with Crippen molar-refractivity contribution in [3.05, 3.63) is 71.8 Å². The lowest BCUT2D eigenvalue weighted by molar-refractivity contribution is -0.0502. The zero-order chi connectivity index (χ0) is 28.3. The second kappa shape index (κ2) is 11.7. The Kier molecular flexibility index (Phi) is 7.69. The van der Waals surface area contributed by atoms with Gasteiger partial charge in [-0.25, -0.2) is 4.98 Å². The summed E-state index contributed by atoms with van der Waals surface area (Å²) in [6.07, 6.45) is 8.86. The van der Waals surface area contributed by atoms with Crippen molar-refractivity contribution >= 4 is 11.6 Å². The highest BCUT2D eigenvalue weighted by atomic mass is 19.3. The number of pyridine rings is 2. The second-order valence-electron chi connectivity index (χ2n) is 10.2. The van der Waals surface area contributed by atoms with Crippen molar-refractivity contribution in [3.63, 3.8) is 0 Å². The molecule has 1 N–H and O–H groups in total. The predicted octanol–water partition coefficient (Wildman–Crippen LogP) is 4.73. The molecule has 1 saturated carbocycles. The maximum Gasteiger partial charge on any atom is 0.387 e. The van der Waals surface area contributed by atoms with Gasteiger partial charge in [0.2, 0.25) is 0 Å². The minimum absolute atomic E-state index is 0.0429. The monoisotopic (exact) mass is 563 g/mol. The fourth-order valence-corrected chi connectivity index (χ4v) is 5.16. The lowest BCUT2D eigenvalue weighted by Gasteiger charge is -2.27. The standard InChI is InChI=1S/C30H31F2N5O4/c1-39-25-14-20(15-26(41-30(31)32)28(25)29(38)35-21-5-6-21)24-17-34-27-16-22(7-12-37(24)27)40-13-3-10-36-11-8-23-19(18-36)4-2-9-33-23/h2,4,7,9,12,14-17,21,30H,3,5-6,8,10-11,13,18H2,1H3,(H,35,38). The number of hydrogen-bond donors (Lipinski definition) is 1. The molecule has 1 aliphatic carbocycles. The zero-order valence-electron chi connectivity index (χ0n) is 22.7. The van der Waals surface area contributed by atoms with Crippen LogP contribution in [-0.4, -0.2) is 64.6 Å². The number of halogens is 2. The Labute approximate surface area is 236 Å². The average molecular weight is 564 g/mol. The molecule has 41 heavy (non-hydrogen) atoms. The van der Waals surface area contributed by atoms with Gasteiger partial charge in [0.05, 0.1) is 25.6 Å². The summed E-state index contributed by atoms with van der Waals surface area (Å²) in [6.45, 7) is 0.299. The van der Waals surface area contributed by atoms with Gasteiger partial charge in [-0.05, 0) is 49.1 Å². The van der Waals surface area contributed by atoms with E-state index in [1.165, 1.54) is 24.4 Å². The van der Waals surface area contributed by atoms with Gasteiger partial charge in [-0.2, -0.15) is 8.78 Å². The summed E-state index contributed by atoms with van der Waals surface area (Å²) in [4.78, 5) is 24.2. The van der Waals surface area contributed by atoms with E-state index in [-0.39, 0.29) is 23.1 Å². The number of rotatable bonds is 11. The minimum Gasteiger partial charge on any atom is -0.496 e. The Morgan fingerprint density at radius 1 is 1.17 bits per heavy atom. The van der Waals surface area contributed by atoms with E-state index in [4.69, 9.17) is 14.2 Å². The number of nitrogens with zero attached hydrogens (tertiary/aromatic N) is 4. The van der Waals surface area contributed by atoms with Crippen molar-refractivity contribution in [2.24, 2.45) is 0 Å². The number of methoxy groups -OCH3 is 1. The van der Waals surface area contributed by atoms with E-state index in [0.717, 1.165) is 45.3 Å². The Morgan fingerprint density at radius 2 is 2.02 bits per heavy atom. The minimum atomic E-state index is -3.10. The van der Waals surface area contributed by atoms with Gasteiger partial charge in [-0.15, -0.1) is 0 Å². The molecule has 9 nitrogen and oxygen atoms in total. The van der Waals surface area contributed by atoms with Gasteiger partial charge in [0.25, 0.3) is 5.91 Å². The van der Waals surface area contributed by atoms with E-state index in [2.05, 4.69) is 26.3 Å². The number of nitrogens with one attached hydrogen (secondary N) is 1. The summed E-state index contributed by atoms with van der Waals surface area (Å²) in [6, 6.07) is 10.9. The number of fused-ring (bicyclic) bond motifs is 2. The van der Waals surface area contributed by atoms with Gasteiger partial charge < -0.3 is 19.5 Å². The first-order valence-corrected chi connectivity index (χ1v) is 13.7. The molecule has 1 aromatic carbocycles. The summed E-state index contributed by atoms with van der Waals surface area (Å²) in [5.41, 5.74) is 4.19. The predicted molar refractivity (Wildman–Crippen MR) is 148 cm³/mol. The number of benzene rings is 1. The number of carbonyl (C=O) groups is 1. The van der Waals surface area contributed by atoms with Crippen LogP contribution in [-0.2, 0) is 13.0 Å². The van der Waals surface area contributed by atoms with Crippen molar-refractivity contribution in [2.75, 3.05) is 26.8 Å². The van der Waals surface area contributed by atoms with E-state index >= 15 is 0 Å². The number of imidazole rings is 1. The molecule has 3 aromatic heterocycles. The van der Waals surface area contributed by atoms with E-state index in [0.29, 0.717) is 29.3 Å². The van der Waals surface area contributed by atoms with E-state index < -0.39 is 12.5 Å². The molecule has 1 aliphatic heterocycles. The number of alkyl halides is 2. The van der Waals surface area contributed by atoms with Crippen LogP contribution in [0.15, 0.2) is 55.0 Å². The Morgan fingerprint density at radius 3 is 2.83 bits per heavy atom. The first kappa shape index (κ1) is 26.9. The molecule has 0 unspecified atom stereocenters. The van der Waals surface area contributed by atoms with Gasteiger partial charge in [0.1, 0.15) is 28.5 Å². The normalized spacial score (nSPS) is 15.1. The van der Waals surface area contributed by atoms with Crippen molar-refractivity contribution in [3.8, 4) is 28.5 Å². The molecular formula is C30H31F2N5O4. The summed E-state index contributed by atoms with van der Waals surface area (Å²) in [5.74, 6) is 0.0679. The number of hydrogen-bond acceptors (Lipinski definition) is 7. The SMILES string of the molecule is COc1cc(-c2cnc3cc(OCCCN4CCc5ncccc5C4)ccn23)cc(OC(F)F)c1C(=O)NC1CC1. The third-order valence-electron chi connectivity index (χ3n) is 7.35. The number of aromatic nitrogens is 3. The van der Waals surface area contributed by atoms with Crippen molar-refractivity contribution < 1.29 is 27.8 Å². The molecule has 0 radical (unpaired) electrons. The van der Waals surface area contributed by atoms with Crippen LogP contribution in [0.2, 0.25) is 0 Å². The first-order valence-electron chi connectivity index (χ1n) is 13.7. The van der Waals surface area contributed by atoms with Gasteiger partial charge in [-0.1, -0.05) is 6.07 Å². The highest BCUT2D eigenvalue weighted by molar-refractivity contribution is 6.01. The molecule has 11 heteroatoms. The summed E-state index contributed by atoms with van der Waals surface area (Å²) < 4.78 is 44.6. The Balaban J connectivity index is 1.15. The van der Waals surface area contributed by atoms with Crippen molar-refractivity contribution in [2.45, 2.75) is 44.9 Å². The highest BCUT2D eigenvalue weighted by Crippen LogP contribution is 2.37. The lowest BCUT2D eigenvalue weighted by atomic mass is 10.1. The molecule has 0 saturated heterocycles. The lowest BCUT2D eigenvalue weighted by Crippen LogP contribution is -2.32. The van der Waals surface area contributed by atoms with Crippen LogP contribution >= 0.6 is 0 Å². The highest BCUT2D eigenvalue weighted by Gasteiger charge is 2.29. The molecule has 4 aromatic rings. The molecule has 6 rings (SSSR count). The summed E-state index contributed by atoms with van der Waals surface area (Å²) in [7, 11) is 1.39. The van der Waals surface area contributed by atoms with Gasteiger partial charge in [0, 0.05) is 61.8 Å². The van der Waals surface area contributed by atoms with Crippen molar-refractivity contribution in [1.82, 2.24) is 24.6 Å². The van der Waals surface area contributed by atoms with E-state index in [9.17, 15) is 13.6 Å². The zero-order valence-corrected chi connectivity index (χ0v) is 22.7. The fourth-order valence-electron chi connectivity index (χ4n) is 5.16. The van der Waals surface area contributed by atoms with E-state index in [1.54, 1.807) is 12.3 Å². The molecule has 1 fully saturated rings. The quantitative estimate of drug-likeness (QED) is 0.264. The molecule has 2 aliphatic rings. The third-order valence-corrected chi connectivity index (χ3v) is 7.35. The smallest absolute Gasteiger partial charge is 0.387 e. The molecule has 4 heterocycles. The van der Waals surface area contributed by atoms with Gasteiger partial charge in [-0.3, -0.25) is 19.1 Å².